The number of ether oxygens (including phenoxy) is 4. The van der Waals surface area contributed by atoms with Gasteiger partial charge < -0.3 is 29.2 Å². The summed E-state index contributed by atoms with van der Waals surface area (Å²) in [5.74, 6) is -4.27. The highest BCUT2D eigenvalue weighted by Gasteiger charge is 2.75. The molecule has 4 fully saturated rings. The predicted molar refractivity (Wildman–Crippen MR) is 363 cm³/mol. The molecule has 0 amide bonds. The van der Waals surface area contributed by atoms with Crippen molar-refractivity contribution in [2.24, 2.45) is 10.8 Å². The van der Waals surface area contributed by atoms with Gasteiger partial charge in [-0.05, 0) is 194 Å². The minimum Gasteiger partial charge on any atom is -0.507 e. The maximum absolute atomic E-state index is 17.8. The molecule has 0 saturated carbocycles. The molecule has 4 aliphatic rings. The topological polar surface area (TPSA) is 159 Å². The Morgan fingerprint density at radius 2 is 0.489 bits per heavy atom. The van der Waals surface area contributed by atoms with E-state index in [4.69, 9.17) is 18.9 Å². The van der Waals surface area contributed by atoms with Gasteiger partial charge >= 0.3 is 23.9 Å². The zero-order valence-electron chi connectivity index (χ0n) is 62.6. The fourth-order valence-electron chi connectivity index (χ4n) is 16.4. The molecule has 0 unspecified atom stereocenters. The summed E-state index contributed by atoms with van der Waals surface area (Å²) in [6.45, 7) is 57.7. The predicted octanol–water partition coefficient (Wildman–Crippen LogP) is 14.8. The van der Waals surface area contributed by atoms with Crippen LogP contribution in [0.3, 0.4) is 0 Å². The molecule has 0 radical (unpaired) electrons. The molecule has 6 rings (SSSR count). The van der Waals surface area contributed by atoms with E-state index in [1.54, 1.807) is 0 Å². The van der Waals surface area contributed by atoms with E-state index in [0.717, 1.165) is 0 Å². The molecule has 4 heterocycles. The lowest BCUT2D eigenvalue weighted by atomic mass is 9.56. The summed E-state index contributed by atoms with van der Waals surface area (Å²) in [5.41, 5.74) is -9.97. The van der Waals surface area contributed by atoms with Gasteiger partial charge in [0.05, 0.1) is 0 Å². The Kier molecular flexibility index (Phi) is 19.9. The SMILES string of the molecule is CN1C(C)(C)CC(OC(=O)C(Cc2cc(C(C)(C)C)c(O)c(C(C)(C)C)c2)(C(=O)OC2CC(C)(C)N(C)C(C)(C)C2)C(Cc2cc(C(C)(C)C)c(O)c(C(C)(C)C)c2)(C(=O)OC2CC(C)(C)N(C)C(C)(C)C2)C(=O)OC2CC(C)(C)N(C)C(C)(C)C2)CC1(C)C. The fraction of sp³-hybridized carbons (Fsp3) is 0.789. The lowest BCUT2D eigenvalue weighted by Gasteiger charge is -2.55. The van der Waals surface area contributed by atoms with Gasteiger partial charge in [-0.1, -0.05) is 107 Å². The molecule has 4 aliphatic heterocycles. The molecule has 2 aromatic carbocycles. The average molecular weight is 1260 g/mol. The van der Waals surface area contributed by atoms with E-state index in [9.17, 15) is 10.2 Å². The second kappa shape index (κ2) is 23.9. The summed E-state index contributed by atoms with van der Waals surface area (Å²) in [5, 5.41) is 25.0. The van der Waals surface area contributed by atoms with Crippen molar-refractivity contribution in [3.8, 4) is 11.5 Å². The van der Waals surface area contributed by atoms with E-state index in [1.807, 2.05) is 107 Å². The normalized spacial score (nSPS) is 23.2. The molecule has 2 aromatic rings. The number of benzene rings is 2. The number of phenols is 2. The van der Waals surface area contributed by atoms with Gasteiger partial charge in [0.15, 0.2) is 10.8 Å². The van der Waals surface area contributed by atoms with Crippen LogP contribution in [0.25, 0.3) is 0 Å². The van der Waals surface area contributed by atoms with E-state index in [2.05, 4.69) is 159 Å². The van der Waals surface area contributed by atoms with Crippen molar-refractivity contribution in [2.45, 2.75) is 348 Å². The number of hydrogen-bond acceptors (Lipinski definition) is 14. The number of hydrogen-bond donors (Lipinski definition) is 2. The highest BCUT2D eigenvalue weighted by Crippen LogP contribution is 2.56. The molecule has 510 valence electrons. The maximum atomic E-state index is 17.8. The molecule has 0 spiro atoms. The summed E-state index contributed by atoms with van der Waals surface area (Å²) in [6, 6.07) is 7.30. The van der Waals surface area contributed by atoms with Crippen LogP contribution >= 0.6 is 0 Å². The number of phenolic OH excluding ortho intramolecular Hbond substituents is 2. The average Bonchev–Trinajstić information content (AvgIpc) is 0.705. The largest absolute Gasteiger partial charge is 0.507 e. The van der Waals surface area contributed by atoms with Gasteiger partial charge in [-0.3, -0.25) is 38.8 Å². The fourth-order valence-corrected chi connectivity index (χ4v) is 16.4. The number of carbonyl (C=O) groups excluding carboxylic acids is 4. The molecule has 0 bridgehead atoms. The summed E-state index contributed by atoms with van der Waals surface area (Å²) in [6.07, 6.45) is -1.70. The van der Waals surface area contributed by atoms with Crippen molar-refractivity contribution in [3.63, 3.8) is 0 Å². The van der Waals surface area contributed by atoms with E-state index >= 15 is 19.2 Å². The van der Waals surface area contributed by atoms with Crippen LogP contribution in [0.2, 0.25) is 0 Å². The van der Waals surface area contributed by atoms with E-state index in [0.29, 0.717) is 84.7 Å². The van der Waals surface area contributed by atoms with Gasteiger partial charge in [0.1, 0.15) is 35.9 Å². The monoisotopic (exact) mass is 1250 g/mol. The van der Waals surface area contributed by atoms with Gasteiger partial charge in [0, 0.05) is 109 Å². The smallest absolute Gasteiger partial charge is 0.325 e. The second-order valence-corrected chi connectivity index (χ2v) is 37.7. The number of piperidine rings is 4. The third-order valence-corrected chi connectivity index (χ3v) is 22.8. The van der Waals surface area contributed by atoms with Crippen LogP contribution in [0.15, 0.2) is 24.3 Å². The summed E-state index contributed by atoms with van der Waals surface area (Å²) in [7, 11) is 8.27. The Morgan fingerprint density at radius 1 is 0.344 bits per heavy atom. The van der Waals surface area contributed by atoms with E-state index < -0.39 is 138 Å². The molecule has 0 aromatic heterocycles. The van der Waals surface area contributed by atoms with Gasteiger partial charge in [0.2, 0.25) is 0 Å². The van der Waals surface area contributed by atoms with Gasteiger partial charge in [-0.25, -0.2) is 0 Å². The van der Waals surface area contributed by atoms with Crippen molar-refractivity contribution in [1.29, 1.82) is 0 Å². The Balaban J connectivity index is 1.94. The summed E-state index contributed by atoms with van der Waals surface area (Å²) >= 11 is 0. The highest BCUT2D eigenvalue weighted by molar-refractivity contribution is 6.15. The molecule has 90 heavy (non-hydrogen) atoms. The maximum Gasteiger partial charge on any atom is 0.325 e. The van der Waals surface area contributed by atoms with Gasteiger partial charge in [0.25, 0.3) is 0 Å². The first kappa shape index (κ1) is 74.8. The Hall–Kier alpha value is -4.24. The zero-order chi connectivity index (χ0) is 69.3. The molecule has 14 heteroatoms. The highest BCUT2D eigenvalue weighted by atomic mass is 16.6. The number of esters is 4. The number of carbonyl (C=O) groups is 4. The summed E-state index contributed by atoms with van der Waals surface area (Å²) in [4.78, 5) is 80.5. The molecule has 14 nitrogen and oxygen atoms in total. The van der Waals surface area contributed by atoms with Crippen molar-refractivity contribution in [1.82, 2.24) is 19.6 Å². The van der Waals surface area contributed by atoms with Crippen LogP contribution in [0, 0.1) is 10.8 Å². The number of rotatable bonds is 13. The molecule has 0 aliphatic carbocycles. The van der Waals surface area contributed by atoms with Crippen LogP contribution in [0.1, 0.15) is 279 Å². The lowest BCUT2D eigenvalue weighted by Crippen LogP contribution is -2.68. The third-order valence-electron chi connectivity index (χ3n) is 22.8. The molecular formula is C76H126N4O10. The van der Waals surface area contributed by atoms with Crippen LogP contribution in [-0.4, -0.2) is 151 Å². The van der Waals surface area contributed by atoms with Crippen molar-refractivity contribution in [2.75, 3.05) is 28.2 Å². The van der Waals surface area contributed by atoms with Crippen LogP contribution < -0.4 is 0 Å². The van der Waals surface area contributed by atoms with E-state index in [1.165, 1.54) is 0 Å². The van der Waals surface area contributed by atoms with E-state index in [-0.39, 0.29) is 11.5 Å². The van der Waals surface area contributed by atoms with Crippen molar-refractivity contribution < 1.29 is 48.3 Å². The number of nitrogens with zero attached hydrogens (tertiary/aromatic N) is 4. The first-order chi connectivity index (χ1) is 40.1. The first-order valence-corrected chi connectivity index (χ1v) is 33.7. The lowest BCUT2D eigenvalue weighted by molar-refractivity contribution is -0.219. The molecular weight excluding hydrogens is 1130 g/mol. The Morgan fingerprint density at radius 3 is 0.622 bits per heavy atom. The second-order valence-electron chi connectivity index (χ2n) is 37.7. The van der Waals surface area contributed by atoms with Crippen molar-refractivity contribution >= 4 is 23.9 Å². The number of likely N-dealkylation sites (tertiary alicyclic amines) is 4. The quantitative estimate of drug-likeness (QED) is 0.111. The minimum absolute atomic E-state index is 0.0691. The van der Waals surface area contributed by atoms with Gasteiger partial charge in [-0.2, -0.15) is 0 Å². The zero-order valence-corrected chi connectivity index (χ0v) is 62.6. The van der Waals surface area contributed by atoms with Crippen LogP contribution in [0.4, 0.5) is 0 Å². The molecule has 2 N–H and O–H groups in total. The molecule has 0 atom stereocenters. The van der Waals surface area contributed by atoms with Crippen LogP contribution in [-0.2, 0) is 72.6 Å². The standard InChI is InChI=1S/C76H126N4O10/c1-63(2,3)53-33-47(34-54(57(53)81)64(4,5)6)37-75(59(83)87-49-39-67(13,14)77(29)68(15,16)40-49,60(84)88-50-41-69(17,18)78(30)70(19,20)42-50)76(61(85)89-51-43-71(21,22)79(31)72(23,24)44-51,62(86)90-52-45-73(25,26)80(32)74(27,28)46-52)38-48-35-55(65(7,8)9)58(82)56(36-48)66(10,11)12/h33-36,49-52,81-82H,37-46H2,1-32H3. The van der Waals surface area contributed by atoms with Crippen LogP contribution in [0.5, 0.6) is 11.5 Å². The summed E-state index contributed by atoms with van der Waals surface area (Å²) < 4.78 is 29.0. The third kappa shape index (κ3) is 14.5. The Bertz CT molecular complexity index is 2570. The van der Waals surface area contributed by atoms with Crippen molar-refractivity contribution in [3.05, 3.63) is 57.6 Å². The molecule has 4 saturated heterocycles. The number of aromatic hydroxyl groups is 2. The minimum atomic E-state index is -2.95. The first-order valence-electron chi connectivity index (χ1n) is 33.7. The van der Waals surface area contributed by atoms with Gasteiger partial charge in [-0.15, -0.1) is 0 Å². The Labute approximate surface area is 546 Å².